The summed E-state index contributed by atoms with van der Waals surface area (Å²) in [5.41, 5.74) is 1.59. The maximum Gasteiger partial charge on any atom is 0.228 e. The third kappa shape index (κ3) is 3.47. The van der Waals surface area contributed by atoms with Crippen LogP contribution in [-0.2, 0) is 11.2 Å². The van der Waals surface area contributed by atoms with Gasteiger partial charge in [-0.25, -0.2) is 4.98 Å². The fourth-order valence-electron chi connectivity index (χ4n) is 3.26. The Morgan fingerprint density at radius 2 is 2.12 bits per heavy atom. The first kappa shape index (κ1) is 15.6. The van der Waals surface area contributed by atoms with E-state index in [4.69, 9.17) is 4.42 Å². The lowest BCUT2D eigenvalue weighted by Gasteiger charge is -2.32. The summed E-state index contributed by atoms with van der Waals surface area (Å²) in [5, 5.41) is 4.31. The molecule has 1 aliphatic rings. The average Bonchev–Trinajstić information content (AvgIpc) is 3.35. The van der Waals surface area contributed by atoms with Crippen LogP contribution in [0.3, 0.4) is 0 Å². The molecule has 1 aromatic carbocycles. The number of hydrogen-bond donors (Lipinski definition) is 0. The van der Waals surface area contributed by atoms with E-state index in [1.807, 2.05) is 52.2 Å². The highest BCUT2D eigenvalue weighted by molar-refractivity contribution is 5.78. The molecule has 1 saturated heterocycles. The van der Waals surface area contributed by atoms with Gasteiger partial charge in [0, 0.05) is 31.0 Å². The Labute approximate surface area is 146 Å². The predicted octanol–water partition coefficient (Wildman–Crippen LogP) is 2.94. The van der Waals surface area contributed by atoms with E-state index >= 15 is 0 Å². The number of amides is 1. The quantitative estimate of drug-likeness (QED) is 0.735. The second-order valence-electron chi connectivity index (χ2n) is 6.31. The Morgan fingerprint density at radius 3 is 2.92 bits per heavy atom. The van der Waals surface area contributed by atoms with Crippen LogP contribution in [0.1, 0.15) is 24.6 Å². The number of carbonyl (C=O) groups is 1. The van der Waals surface area contributed by atoms with E-state index in [1.54, 1.807) is 12.5 Å². The molecule has 3 aromatic rings. The van der Waals surface area contributed by atoms with Gasteiger partial charge < -0.3 is 9.32 Å². The molecule has 0 spiro atoms. The van der Waals surface area contributed by atoms with Crippen LogP contribution in [-0.4, -0.2) is 38.7 Å². The van der Waals surface area contributed by atoms with Crippen molar-refractivity contribution in [2.45, 2.75) is 25.3 Å². The second kappa shape index (κ2) is 6.93. The van der Waals surface area contributed by atoms with Gasteiger partial charge in [0.25, 0.3) is 0 Å². The van der Waals surface area contributed by atoms with E-state index in [0.717, 1.165) is 24.9 Å². The summed E-state index contributed by atoms with van der Waals surface area (Å²) in [6.07, 6.45) is 7.62. The lowest BCUT2D eigenvalue weighted by atomic mass is 10.1. The molecule has 1 atom stereocenters. The minimum Gasteiger partial charge on any atom is -0.444 e. The van der Waals surface area contributed by atoms with Crippen LogP contribution in [0.2, 0.25) is 0 Å². The molecule has 0 radical (unpaired) electrons. The molecule has 1 aliphatic heterocycles. The van der Waals surface area contributed by atoms with Crippen LogP contribution in [0.5, 0.6) is 0 Å². The van der Waals surface area contributed by atoms with Crippen molar-refractivity contribution in [2.75, 3.05) is 13.1 Å². The Kier molecular flexibility index (Phi) is 4.33. The monoisotopic (exact) mass is 336 g/mol. The van der Waals surface area contributed by atoms with E-state index in [1.165, 1.54) is 0 Å². The van der Waals surface area contributed by atoms with Gasteiger partial charge in [0.05, 0.1) is 18.2 Å². The summed E-state index contributed by atoms with van der Waals surface area (Å²) in [7, 11) is 0. The van der Waals surface area contributed by atoms with Gasteiger partial charge in [-0.1, -0.05) is 18.2 Å². The maximum absolute atomic E-state index is 12.6. The van der Waals surface area contributed by atoms with Crippen LogP contribution >= 0.6 is 0 Å². The fraction of sp³-hybridized carbons (Fsp3) is 0.316. The largest absolute Gasteiger partial charge is 0.444 e. The zero-order valence-corrected chi connectivity index (χ0v) is 13.9. The molecular formula is C19H20N4O2. The summed E-state index contributed by atoms with van der Waals surface area (Å²) in [5.74, 6) is 0.640. The van der Waals surface area contributed by atoms with Crippen molar-refractivity contribution in [3.8, 4) is 11.5 Å². The van der Waals surface area contributed by atoms with Crippen LogP contribution in [0.25, 0.3) is 11.5 Å². The van der Waals surface area contributed by atoms with Crippen LogP contribution in [0.15, 0.2) is 59.5 Å². The Bertz CT molecular complexity index is 826. The Hall–Kier alpha value is -2.89. The molecule has 0 aliphatic carbocycles. The number of aromatic nitrogens is 3. The number of oxazole rings is 1. The summed E-state index contributed by atoms with van der Waals surface area (Å²) < 4.78 is 7.47. The van der Waals surface area contributed by atoms with E-state index in [9.17, 15) is 4.79 Å². The second-order valence-corrected chi connectivity index (χ2v) is 6.31. The van der Waals surface area contributed by atoms with Gasteiger partial charge in [0.15, 0.2) is 0 Å². The molecule has 1 unspecified atom stereocenters. The highest BCUT2D eigenvalue weighted by Crippen LogP contribution is 2.22. The number of rotatable bonds is 4. The minimum absolute atomic E-state index is 0.0877. The van der Waals surface area contributed by atoms with Crippen molar-refractivity contribution in [1.29, 1.82) is 0 Å². The third-order valence-electron chi connectivity index (χ3n) is 4.55. The molecule has 128 valence electrons. The van der Waals surface area contributed by atoms with Crippen molar-refractivity contribution >= 4 is 5.91 Å². The lowest BCUT2D eigenvalue weighted by molar-refractivity contribution is -0.132. The van der Waals surface area contributed by atoms with Crippen LogP contribution in [0.4, 0.5) is 0 Å². The zero-order valence-electron chi connectivity index (χ0n) is 13.9. The molecule has 0 bridgehead atoms. The highest BCUT2D eigenvalue weighted by Gasteiger charge is 2.25. The maximum atomic E-state index is 12.6. The summed E-state index contributed by atoms with van der Waals surface area (Å²) >= 11 is 0. The smallest absolute Gasteiger partial charge is 0.228 e. The van der Waals surface area contributed by atoms with Crippen LogP contribution < -0.4 is 0 Å². The Morgan fingerprint density at radius 1 is 1.24 bits per heavy atom. The highest BCUT2D eigenvalue weighted by atomic mass is 16.3. The van der Waals surface area contributed by atoms with E-state index in [2.05, 4.69) is 10.1 Å². The predicted molar refractivity (Wildman–Crippen MR) is 92.7 cm³/mol. The van der Waals surface area contributed by atoms with E-state index < -0.39 is 0 Å². The molecule has 2 aromatic heterocycles. The van der Waals surface area contributed by atoms with Gasteiger partial charge >= 0.3 is 0 Å². The van der Waals surface area contributed by atoms with Crippen molar-refractivity contribution < 1.29 is 9.21 Å². The molecular weight excluding hydrogens is 316 g/mol. The molecule has 0 N–H and O–H groups in total. The SMILES string of the molecule is O=C(Cc1coc(-c2ccccc2)n1)N1CCCC(n2cccn2)C1. The van der Waals surface area contributed by atoms with Gasteiger partial charge in [-0.2, -0.15) is 5.10 Å². The molecule has 6 heteroatoms. The normalized spacial score (nSPS) is 17.6. The summed E-state index contributed by atoms with van der Waals surface area (Å²) in [6.45, 7) is 1.49. The summed E-state index contributed by atoms with van der Waals surface area (Å²) in [4.78, 5) is 19.0. The van der Waals surface area contributed by atoms with Gasteiger partial charge in [-0.15, -0.1) is 0 Å². The standard InChI is InChI=1S/C19H20N4O2/c24-18(22-10-4-8-17(13-22)23-11-5-9-20-23)12-16-14-25-19(21-16)15-6-2-1-3-7-15/h1-3,5-7,9,11,14,17H,4,8,10,12-13H2. The topological polar surface area (TPSA) is 64.2 Å². The summed E-state index contributed by atoms with van der Waals surface area (Å²) in [6, 6.07) is 11.9. The number of hydrogen-bond acceptors (Lipinski definition) is 4. The molecule has 0 saturated carbocycles. The molecule has 25 heavy (non-hydrogen) atoms. The Balaban J connectivity index is 1.41. The first-order valence-electron chi connectivity index (χ1n) is 8.56. The van der Waals surface area contributed by atoms with Crippen molar-refractivity contribution in [2.24, 2.45) is 0 Å². The fourth-order valence-corrected chi connectivity index (χ4v) is 3.26. The van der Waals surface area contributed by atoms with Gasteiger partial charge in [0.2, 0.25) is 11.8 Å². The molecule has 1 amide bonds. The van der Waals surface area contributed by atoms with Gasteiger partial charge in [-0.3, -0.25) is 9.48 Å². The first-order valence-corrected chi connectivity index (χ1v) is 8.56. The van der Waals surface area contributed by atoms with Crippen molar-refractivity contribution in [1.82, 2.24) is 19.7 Å². The molecule has 6 nitrogen and oxygen atoms in total. The lowest BCUT2D eigenvalue weighted by Crippen LogP contribution is -2.41. The number of nitrogens with zero attached hydrogens (tertiary/aromatic N) is 4. The van der Waals surface area contributed by atoms with Crippen molar-refractivity contribution in [3.05, 3.63) is 60.7 Å². The number of piperidine rings is 1. The van der Waals surface area contributed by atoms with Gasteiger partial charge in [0.1, 0.15) is 6.26 Å². The number of carbonyl (C=O) groups excluding carboxylic acids is 1. The van der Waals surface area contributed by atoms with Crippen LogP contribution in [0, 0.1) is 0 Å². The zero-order chi connectivity index (χ0) is 17.1. The molecule has 4 rings (SSSR count). The van der Waals surface area contributed by atoms with Crippen molar-refractivity contribution in [3.63, 3.8) is 0 Å². The third-order valence-corrected chi connectivity index (χ3v) is 4.55. The van der Waals surface area contributed by atoms with E-state index in [-0.39, 0.29) is 18.4 Å². The average molecular weight is 336 g/mol. The minimum atomic E-state index is 0.0877. The number of benzene rings is 1. The van der Waals surface area contributed by atoms with Gasteiger partial charge in [-0.05, 0) is 31.0 Å². The van der Waals surface area contributed by atoms with E-state index in [0.29, 0.717) is 18.1 Å². The molecule has 1 fully saturated rings. The molecule has 3 heterocycles. The number of likely N-dealkylation sites (tertiary alicyclic amines) is 1. The first-order chi connectivity index (χ1) is 12.3.